The smallest absolute Gasteiger partial charge is 0.326 e. The van der Waals surface area contributed by atoms with Crippen molar-refractivity contribution in [2.24, 2.45) is 23.1 Å². The number of primary amides is 2. The third-order valence-electron chi connectivity index (χ3n) is 20.7. The number of aromatic nitrogens is 1. The van der Waals surface area contributed by atoms with Gasteiger partial charge in [0.1, 0.15) is 71.9 Å². The first-order chi connectivity index (χ1) is 59.7. The maximum Gasteiger partial charge on any atom is 0.326 e. The summed E-state index contributed by atoms with van der Waals surface area (Å²) >= 11 is 0. The summed E-state index contributed by atoms with van der Waals surface area (Å²) in [6, 6.07) is 11.4. The van der Waals surface area contributed by atoms with Gasteiger partial charge in [-0.15, -0.1) is 0 Å². The minimum absolute atomic E-state index is 0.000619. The molecule has 5 aromatic rings. The molecule has 0 unspecified atom stereocenters. The number of hydrogen-bond acceptors (Lipinski definition) is 19. The maximum absolute atomic E-state index is 15.0. The molecular formula is C88H128N18O19. The lowest BCUT2D eigenvalue weighted by atomic mass is 10.0. The van der Waals surface area contributed by atoms with Crippen molar-refractivity contribution in [1.29, 1.82) is 5.41 Å². The van der Waals surface area contributed by atoms with E-state index in [-0.39, 0.29) is 120 Å². The number of carboxylic acids is 1. The third-order valence-corrected chi connectivity index (χ3v) is 20.7. The largest absolute Gasteiger partial charge is 0.508 e. The van der Waals surface area contributed by atoms with Crippen LogP contribution in [0.25, 0.3) is 10.9 Å². The summed E-state index contributed by atoms with van der Waals surface area (Å²) in [5, 5.41) is 81.9. The lowest BCUT2D eigenvalue weighted by Crippen LogP contribution is -2.61. The predicted molar refractivity (Wildman–Crippen MR) is 467 cm³/mol. The molecular weight excluding hydrogens is 1610 g/mol. The number of hydrogen-bond donors (Lipinski definition) is 22. The Balaban J connectivity index is 1.31. The number of phenols is 2. The number of aliphatic hydroxyl groups excluding tert-OH is 1. The Morgan fingerprint density at radius 3 is 1.39 bits per heavy atom. The lowest BCUT2D eigenvalue weighted by Gasteiger charge is -2.27. The highest BCUT2D eigenvalue weighted by atomic mass is 16.4. The number of para-hydroxylation sites is 1. The van der Waals surface area contributed by atoms with E-state index in [1.165, 1.54) is 107 Å². The highest BCUT2D eigenvalue weighted by molar-refractivity contribution is 6.00. The third kappa shape index (κ3) is 40.5. The molecule has 10 atom stereocenters. The topological polar surface area (TPSA) is 611 Å². The zero-order chi connectivity index (χ0) is 91.8. The van der Waals surface area contributed by atoms with Gasteiger partial charge < -0.3 is 112 Å². The number of nitrogens with two attached hydrogens (primary N) is 3. The summed E-state index contributed by atoms with van der Waals surface area (Å²) in [6.45, 7) is 5.00. The summed E-state index contributed by atoms with van der Waals surface area (Å²) in [6.07, 6.45) is 14.2. The van der Waals surface area contributed by atoms with Crippen LogP contribution in [0.4, 0.5) is 0 Å². The zero-order valence-electron chi connectivity index (χ0n) is 71.8. The normalized spacial score (nSPS) is 13.5. The van der Waals surface area contributed by atoms with Crippen molar-refractivity contribution in [3.63, 3.8) is 0 Å². The number of benzene rings is 4. The minimum atomic E-state index is -1.96. The van der Waals surface area contributed by atoms with Gasteiger partial charge in [-0.2, -0.15) is 0 Å². The molecule has 0 saturated heterocycles. The molecule has 0 radical (unpaired) electrons. The minimum Gasteiger partial charge on any atom is -0.508 e. The van der Waals surface area contributed by atoms with Crippen LogP contribution in [-0.4, -0.2) is 207 Å². The van der Waals surface area contributed by atoms with Crippen molar-refractivity contribution in [1.82, 2.24) is 74.1 Å². The molecule has 0 aliphatic rings. The number of carbonyl (C=O) groups excluding carboxylic acids is 14. The second-order valence-electron chi connectivity index (χ2n) is 31.7. The van der Waals surface area contributed by atoms with Crippen LogP contribution in [0.2, 0.25) is 0 Å². The number of aliphatic carboxylic acids is 1. The number of aromatic amines is 1. The number of phenolic OH excluding ortho intramolecular Hbond substituents is 2. The molecule has 25 N–H and O–H groups in total. The SMILES string of the molecule is CCCCCCCCCCCCCCCC(=O)N[C@@H](CCC(=O)NCCCC[C@H](NC(=O)[C@H](Cc1ccc(O)cc1)NC(C)=O)C(=O)N[C@@H](Cc1c[nH]c2ccccc12)C(=O)N[C@@H](CC(N)=O)C(=O)N[C@@H](CO)C(=O)N[C@@H](Cc1ccccc1)C(=O)NCC(=O)N[C@@H](CC(C)C)C(=O)N[C@@H](CCCNC(=N)N)C(=O)N[C@@H](Cc1ccc(O)cc1)C(N)=O)C(=O)O. The summed E-state index contributed by atoms with van der Waals surface area (Å²) < 4.78 is 0. The Hall–Kier alpha value is -12.7. The highest BCUT2D eigenvalue weighted by Crippen LogP contribution is 2.22. The Bertz CT molecular complexity index is 4340. The van der Waals surface area contributed by atoms with Gasteiger partial charge in [0.15, 0.2) is 5.96 Å². The number of aliphatic hydroxyl groups is 1. The number of carboxylic acid groups (broad SMARTS) is 1. The second kappa shape index (κ2) is 56.1. The van der Waals surface area contributed by atoms with Crippen molar-refractivity contribution in [2.75, 3.05) is 26.2 Å². The van der Waals surface area contributed by atoms with E-state index >= 15 is 9.59 Å². The van der Waals surface area contributed by atoms with Crippen molar-refractivity contribution in [3.8, 4) is 11.5 Å². The molecule has 0 aliphatic heterocycles. The molecule has 125 heavy (non-hydrogen) atoms. The molecule has 5 rings (SSSR count). The van der Waals surface area contributed by atoms with Gasteiger partial charge in [-0.1, -0.05) is 171 Å². The molecule has 1 aromatic heterocycles. The Kier molecular flexibility index (Phi) is 46.2. The summed E-state index contributed by atoms with van der Waals surface area (Å²) in [5.74, 6) is -14.7. The monoisotopic (exact) mass is 1740 g/mol. The quantitative estimate of drug-likeness (QED) is 0.0151. The molecule has 0 saturated carbocycles. The van der Waals surface area contributed by atoms with Crippen LogP contribution < -0.4 is 86.3 Å². The number of fused-ring (bicyclic) bond motifs is 1. The van der Waals surface area contributed by atoms with Gasteiger partial charge in [-0.25, -0.2) is 4.79 Å². The van der Waals surface area contributed by atoms with Crippen LogP contribution >= 0.6 is 0 Å². The fourth-order valence-corrected chi connectivity index (χ4v) is 13.9. The van der Waals surface area contributed by atoms with E-state index in [1.807, 2.05) is 0 Å². The van der Waals surface area contributed by atoms with E-state index in [1.54, 1.807) is 74.6 Å². The number of nitrogens with one attached hydrogen (secondary N) is 15. The average molecular weight is 1740 g/mol. The number of carbonyl (C=O) groups is 15. The molecule has 684 valence electrons. The van der Waals surface area contributed by atoms with Gasteiger partial charge in [-0.3, -0.25) is 72.5 Å². The van der Waals surface area contributed by atoms with Gasteiger partial charge in [-0.05, 0) is 110 Å². The Morgan fingerprint density at radius 1 is 0.408 bits per heavy atom. The van der Waals surface area contributed by atoms with E-state index in [0.29, 0.717) is 39.6 Å². The van der Waals surface area contributed by atoms with Gasteiger partial charge in [0.2, 0.25) is 82.7 Å². The Labute approximate surface area is 728 Å². The van der Waals surface area contributed by atoms with Crippen molar-refractivity contribution in [3.05, 3.63) is 132 Å². The van der Waals surface area contributed by atoms with Crippen LogP contribution in [0.1, 0.15) is 198 Å². The first-order valence-corrected chi connectivity index (χ1v) is 42.9. The standard InChI is InChI=1S/C88H128N18O19/c1-5-6-7-8-9-10-11-12-13-14-15-16-20-32-76(113)98-66(87(124)125)41-42-75(112)93-43-24-23-30-64(100-83(120)70(97-55(4)108)48-58-35-39-61(110)40-36-58)81(118)104-71(49-59-51-95-63-29-22-21-28-62(59)63)84(121)105-72(50-74(89)111)85(122)106-73(53-107)86(123)103-69(47-56-26-18-17-19-27-56)79(116)96-52-77(114)99-68(45-54(2)3)82(119)101-65(31-25-44-94-88(91)92)80(117)102-67(78(90)115)46-57-33-37-60(109)38-34-57/h17-19,21-22,26-29,33-40,51,54,64-73,95,107,109-110H,5-16,20,23-25,30-32,41-50,52-53H2,1-4H3,(H2,89,111)(H2,90,115)(H,93,112)(H,96,116)(H,97,108)(H,98,113)(H,99,114)(H,100,120)(H,101,119)(H,102,117)(H,103,123)(H,104,118)(H,105,121)(H,106,122)(H,124,125)(H4,91,92,94)/t64-,65-,66-,67-,68-,69-,70-,71-,72-,73-/m0/s1. The van der Waals surface area contributed by atoms with Crippen LogP contribution in [-0.2, 0) is 97.6 Å². The van der Waals surface area contributed by atoms with E-state index in [9.17, 15) is 82.8 Å². The molecule has 37 heteroatoms. The molecule has 1 heterocycles. The van der Waals surface area contributed by atoms with Crippen molar-refractivity contribution in [2.45, 2.75) is 261 Å². The van der Waals surface area contributed by atoms with Crippen LogP contribution in [0.5, 0.6) is 11.5 Å². The van der Waals surface area contributed by atoms with Crippen LogP contribution in [0, 0.1) is 11.3 Å². The number of guanidine groups is 1. The van der Waals surface area contributed by atoms with E-state index in [4.69, 9.17) is 22.6 Å². The van der Waals surface area contributed by atoms with E-state index < -0.39 is 169 Å². The summed E-state index contributed by atoms with van der Waals surface area (Å²) in [4.78, 5) is 209. The Morgan fingerprint density at radius 2 is 0.856 bits per heavy atom. The average Bonchev–Trinajstić information content (AvgIpc) is 1.46. The summed E-state index contributed by atoms with van der Waals surface area (Å²) in [7, 11) is 0. The first-order valence-electron chi connectivity index (χ1n) is 42.9. The van der Waals surface area contributed by atoms with Gasteiger partial charge in [0.05, 0.1) is 19.6 Å². The molecule has 0 fully saturated rings. The fourth-order valence-electron chi connectivity index (χ4n) is 13.9. The first kappa shape index (κ1) is 103. The number of unbranched alkanes of at least 4 members (excludes halogenated alkanes) is 13. The highest BCUT2D eigenvalue weighted by Gasteiger charge is 2.37. The number of H-pyrrole nitrogens is 1. The van der Waals surface area contributed by atoms with Gasteiger partial charge in [0.25, 0.3) is 0 Å². The van der Waals surface area contributed by atoms with E-state index in [0.717, 1.165) is 25.7 Å². The van der Waals surface area contributed by atoms with Crippen molar-refractivity contribution < 1.29 is 92.3 Å². The predicted octanol–water partition coefficient (Wildman–Crippen LogP) is 2.13. The van der Waals surface area contributed by atoms with Gasteiger partial charge in [0, 0.05) is 75.6 Å². The van der Waals surface area contributed by atoms with Gasteiger partial charge >= 0.3 is 5.97 Å². The maximum atomic E-state index is 15.0. The summed E-state index contributed by atoms with van der Waals surface area (Å²) in [5.41, 5.74) is 19.4. The number of aromatic hydroxyl groups is 2. The fraction of sp³-hybridized carbons (Fsp3) is 0.523. The van der Waals surface area contributed by atoms with Crippen molar-refractivity contribution >= 4 is 106 Å². The number of amides is 14. The molecule has 0 bridgehead atoms. The molecule has 0 spiro atoms. The van der Waals surface area contributed by atoms with Crippen LogP contribution in [0.15, 0.2) is 109 Å². The van der Waals surface area contributed by atoms with Crippen LogP contribution in [0.3, 0.4) is 0 Å². The molecule has 14 amide bonds. The zero-order valence-corrected chi connectivity index (χ0v) is 71.8. The van der Waals surface area contributed by atoms with E-state index in [2.05, 4.69) is 81.0 Å². The molecule has 37 nitrogen and oxygen atoms in total. The molecule has 0 aliphatic carbocycles. The number of rotatable bonds is 61. The lowest BCUT2D eigenvalue weighted by molar-refractivity contribution is -0.142. The second-order valence-corrected chi connectivity index (χ2v) is 31.7. The molecule has 4 aromatic carbocycles.